The molecule has 0 spiro atoms. The van der Waals surface area contributed by atoms with Gasteiger partial charge in [-0.3, -0.25) is 9.80 Å². The van der Waals surface area contributed by atoms with Gasteiger partial charge < -0.3 is 4.40 Å². The number of fused-ring (bicyclic) bond motifs is 1. The van der Waals surface area contributed by atoms with Crippen LogP contribution in [0.15, 0.2) is 48.8 Å². The summed E-state index contributed by atoms with van der Waals surface area (Å²) in [5.41, 5.74) is 3.35. The first kappa shape index (κ1) is 16.9. The topological polar surface area (TPSA) is 23.8 Å². The molecule has 25 heavy (non-hydrogen) atoms. The molecule has 2 aromatic heterocycles. The van der Waals surface area contributed by atoms with Crippen molar-refractivity contribution in [3.8, 4) is 0 Å². The summed E-state index contributed by atoms with van der Waals surface area (Å²) in [6.07, 6.45) is 4.17. The lowest BCUT2D eigenvalue weighted by atomic mass is 10.2. The Hall–Kier alpha value is -1.59. The van der Waals surface area contributed by atoms with E-state index in [0.29, 0.717) is 10.0 Å². The van der Waals surface area contributed by atoms with Crippen LogP contribution in [0.25, 0.3) is 5.65 Å². The van der Waals surface area contributed by atoms with Crippen LogP contribution in [-0.4, -0.2) is 45.4 Å². The predicted octanol–water partition coefficient (Wildman–Crippen LogP) is 3.96. The number of piperazine rings is 1. The molecule has 4 nitrogen and oxygen atoms in total. The van der Waals surface area contributed by atoms with Gasteiger partial charge >= 0.3 is 0 Å². The summed E-state index contributed by atoms with van der Waals surface area (Å²) in [7, 11) is 0. The van der Waals surface area contributed by atoms with E-state index < -0.39 is 0 Å². The van der Waals surface area contributed by atoms with E-state index in [-0.39, 0.29) is 0 Å². The molecule has 0 radical (unpaired) electrons. The third-order valence-electron chi connectivity index (χ3n) is 4.65. The van der Waals surface area contributed by atoms with Gasteiger partial charge in [-0.05, 0) is 29.8 Å². The maximum Gasteiger partial charge on any atom is 0.137 e. The summed E-state index contributed by atoms with van der Waals surface area (Å²) < 4.78 is 2.08. The van der Waals surface area contributed by atoms with Crippen LogP contribution in [0.2, 0.25) is 10.0 Å². The Kier molecular flexibility index (Phi) is 4.95. The first-order valence-corrected chi connectivity index (χ1v) is 9.24. The number of benzene rings is 1. The lowest BCUT2D eigenvalue weighted by Gasteiger charge is -2.34. The SMILES string of the molecule is Clc1ccc(CN2CCN(Cc3cn4ccccc4n3)CC2)cc1Cl. The van der Waals surface area contributed by atoms with Crippen molar-refractivity contribution < 1.29 is 0 Å². The van der Waals surface area contributed by atoms with Crippen LogP contribution in [0.5, 0.6) is 0 Å². The van der Waals surface area contributed by atoms with Crippen LogP contribution in [-0.2, 0) is 13.1 Å². The van der Waals surface area contributed by atoms with Gasteiger partial charge in [0.2, 0.25) is 0 Å². The van der Waals surface area contributed by atoms with Crippen molar-refractivity contribution in [2.45, 2.75) is 13.1 Å². The first-order chi connectivity index (χ1) is 12.2. The molecule has 0 bridgehead atoms. The molecule has 3 heterocycles. The zero-order valence-corrected chi connectivity index (χ0v) is 15.4. The molecule has 6 heteroatoms. The third kappa shape index (κ3) is 3.98. The van der Waals surface area contributed by atoms with Gasteiger partial charge in [-0.25, -0.2) is 4.98 Å². The maximum atomic E-state index is 6.11. The van der Waals surface area contributed by atoms with Crippen molar-refractivity contribution in [3.05, 3.63) is 70.1 Å². The smallest absolute Gasteiger partial charge is 0.137 e. The Morgan fingerprint density at radius 2 is 1.64 bits per heavy atom. The highest BCUT2D eigenvalue weighted by molar-refractivity contribution is 6.42. The van der Waals surface area contributed by atoms with E-state index in [2.05, 4.69) is 26.5 Å². The molecule has 3 aromatic rings. The van der Waals surface area contributed by atoms with Gasteiger partial charge in [-0.15, -0.1) is 0 Å². The van der Waals surface area contributed by atoms with Crippen molar-refractivity contribution in [1.29, 1.82) is 0 Å². The standard InChI is InChI=1S/C19H20Cl2N4/c20-17-5-4-15(11-18(17)21)12-23-7-9-24(10-8-23)13-16-14-25-6-2-1-3-19(25)22-16/h1-6,11,14H,7-10,12-13H2. The Morgan fingerprint density at radius 1 is 0.880 bits per heavy atom. The number of hydrogen-bond donors (Lipinski definition) is 0. The van der Waals surface area contributed by atoms with Crippen molar-refractivity contribution in [2.75, 3.05) is 26.2 Å². The van der Waals surface area contributed by atoms with E-state index in [0.717, 1.165) is 50.6 Å². The number of aromatic nitrogens is 2. The summed E-state index contributed by atoms with van der Waals surface area (Å²) in [6, 6.07) is 12.0. The number of hydrogen-bond acceptors (Lipinski definition) is 3. The van der Waals surface area contributed by atoms with Crippen LogP contribution in [0.1, 0.15) is 11.3 Å². The highest BCUT2D eigenvalue weighted by Gasteiger charge is 2.18. The largest absolute Gasteiger partial charge is 0.307 e. The molecule has 0 saturated carbocycles. The van der Waals surface area contributed by atoms with E-state index in [4.69, 9.17) is 28.2 Å². The second kappa shape index (κ2) is 7.34. The van der Waals surface area contributed by atoms with Crippen molar-refractivity contribution >= 4 is 28.8 Å². The minimum Gasteiger partial charge on any atom is -0.307 e. The molecule has 1 aliphatic rings. The molecule has 0 unspecified atom stereocenters. The summed E-state index contributed by atoms with van der Waals surface area (Å²) in [5, 5.41) is 1.24. The van der Waals surface area contributed by atoms with Gasteiger partial charge in [0.1, 0.15) is 5.65 Å². The normalized spacial score (nSPS) is 16.6. The fourth-order valence-electron chi connectivity index (χ4n) is 3.29. The summed E-state index contributed by atoms with van der Waals surface area (Å²) >= 11 is 12.1. The molecule has 1 saturated heterocycles. The predicted molar refractivity (Wildman–Crippen MR) is 102 cm³/mol. The van der Waals surface area contributed by atoms with Gasteiger partial charge in [-0.1, -0.05) is 35.3 Å². The van der Waals surface area contributed by atoms with Crippen LogP contribution >= 0.6 is 23.2 Å². The van der Waals surface area contributed by atoms with Gasteiger partial charge in [0.25, 0.3) is 0 Å². The maximum absolute atomic E-state index is 6.11. The first-order valence-electron chi connectivity index (χ1n) is 8.49. The second-order valence-electron chi connectivity index (χ2n) is 6.50. The molecule has 1 aliphatic heterocycles. The summed E-state index contributed by atoms with van der Waals surface area (Å²) in [5.74, 6) is 0. The number of halogens is 2. The van der Waals surface area contributed by atoms with Crippen molar-refractivity contribution in [2.24, 2.45) is 0 Å². The van der Waals surface area contributed by atoms with Crippen LogP contribution in [0.4, 0.5) is 0 Å². The molecule has 1 aromatic carbocycles. The molecular formula is C19H20Cl2N4. The molecule has 0 aliphatic carbocycles. The Bertz CT molecular complexity index is 836. The van der Waals surface area contributed by atoms with Gasteiger partial charge in [-0.2, -0.15) is 0 Å². The lowest BCUT2D eigenvalue weighted by Crippen LogP contribution is -2.45. The third-order valence-corrected chi connectivity index (χ3v) is 5.39. The highest BCUT2D eigenvalue weighted by Crippen LogP contribution is 2.23. The van der Waals surface area contributed by atoms with E-state index in [1.165, 1.54) is 5.56 Å². The fraction of sp³-hybridized carbons (Fsp3) is 0.316. The van der Waals surface area contributed by atoms with Crippen LogP contribution < -0.4 is 0 Å². The average molecular weight is 375 g/mol. The molecule has 0 atom stereocenters. The minimum atomic E-state index is 0.614. The summed E-state index contributed by atoms with van der Waals surface area (Å²) in [6.45, 7) is 6.02. The zero-order chi connectivity index (χ0) is 17.2. The number of nitrogens with zero attached hydrogens (tertiary/aromatic N) is 4. The molecule has 1 fully saturated rings. The number of imidazole rings is 1. The molecule has 4 rings (SSSR count). The Balaban J connectivity index is 1.32. The minimum absolute atomic E-state index is 0.614. The van der Waals surface area contributed by atoms with E-state index >= 15 is 0 Å². The molecule has 0 N–H and O–H groups in total. The number of rotatable bonds is 4. The molecule has 0 amide bonds. The zero-order valence-electron chi connectivity index (χ0n) is 13.9. The quantitative estimate of drug-likeness (QED) is 0.690. The van der Waals surface area contributed by atoms with E-state index in [1.54, 1.807) is 0 Å². The molecule has 130 valence electrons. The number of pyridine rings is 1. The van der Waals surface area contributed by atoms with Crippen molar-refractivity contribution in [1.82, 2.24) is 19.2 Å². The fourth-order valence-corrected chi connectivity index (χ4v) is 3.61. The van der Waals surface area contributed by atoms with E-state index in [9.17, 15) is 0 Å². The molecular weight excluding hydrogens is 355 g/mol. The van der Waals surface area contributed by atoms with Crippen LogP contribution in [0, 0.1) is 0 Å². The van der Waals surface area contributed by atoms with Gasteiger partial charge in [0, 0.05) is 51.7 Å². The van der Waals surface area contributed by atoms with Gasteiger partial charge in [0.15, 0.2) is 0 Å². The van der Waals surface area contributed by atoms with Gasteiger partial charge in [0.05, 0.1) is 15.7 Å². The second-order valence-corrected chi connectivity index (χ2v) is 7.31. The monoisotopic (exact) mass is 374 g/mol. The average Bonchev–Trinajstić information content (AvgIpc) is 3.02. The van der Waals surface area contributed by atoms with E-state index in [1.807, 2.05) is 36.5 Å². The Labute approximate surface area is 157 Å². The lowest BCUT2D eigenvalue weighted by molar-refractivity contribution is 0.121. The van der Waals surface area contributed by atoms with Crippen molar-refractivity contribution in [3.63, 3.8) is 0 Å². The Morgan fingerprint density at radius 3 is 2.36 bits per heavy atom. The summed E-state index contributed by atoms with van der Waals surface area (Å²) in [4.78, 5) is 9.62. The van der Waals surface area contributed by atoms with Crippen LogP contribution in [0.3, 0.4) is 0 Å². The highest BCUT2D eigenvalue weighted by atomic mass is 35.5.